The molecular formula is C16H15NO2. The third-order valence-electron chi connectivity index (χ3n) is 3.38. The first-order chi connectivity index (χ1) is 9.26. The minimum absolute atomic E-state index is 0.710. The summed E-state index contributed by atoms with van der Waals surface area (Å²) in [7, 11) is 3.32. The van der Waals surface area contributed by atoms with Crippen LogP contribution in [0.1, 0.15) is 0 Å². The van der Waals surface area contributed by atoms with E-state index in [1.54, 1.807) is 14.2 Å². The van der Waals surface area contributed by atoms with Crippen molar-refractivity contribution in [1.82, 2.24) is 0 Å². The molecule has 0 radical (unpaired) electrons. The number of methoxy groups -OCH3 is 2. The number of ether oxygens (including phenoxy) is 2. The van der Waals surface area contributed by atoms with E-state index >= 15 is 0 Å². The topological polar surface area (TPSA) is 44.5 Å². The van der Waals surface area contributed by atoms with Gasteiger partial charge >= 0.3 is 0 Å². The summed E-state index contributed by atoms with van der Waals surface area (Å²) in [5.74, 6) is 1.56. The Kier molecular flexibility index (Phi) is 2.67. The Balaban J connectivity index is 2.59. The minimum atomic E-state index is 0.710. The first kappa shape index (κ1) is 11.7. The lowest BCUT2D eigenvalue weighted by atomic mass is 10.0. The van der Waals surface area contributed by atoms with E-state index in [0.717, 1.165) is 33.0 Å². The van der Waals surface area contributed by atoms with Crippen LogP contribution >= 0.6 is 0 Å². The maximum absolute atomic E-state index is 6.09. The Labute approximate surface area is 111 Å². The summed E-state index contributed by atoms with van der Waals surface area (Å²) >= 11 is 0. The normalized spacial score (nSPS) is 10.8. The average molecular weight is 253 g/mol. The van der Waals surface area contributed by atoms with Gasteiger partial charge in [-0.2, -0.15) is 0 Å². The van der Waals surface area contributed by atoms with Crippen molar-refractivity contribution in [3.05, 3.63) is 42.5 Å². The van der Waals surface area contributed by atoms with Gasteiger partial charge in [-0.25, -0.2) is 0 Å². The molecule has 0 spiro atoms. The van der Waals surface area contributed by atoms with E-state index in [0.29, 0.717) is 5.69 Å². The van der Waals surface area contributed by atoms with Crippen LogP contribution in [0, 0.1) is 0 Å². The fourth-order valence-electron chi connectivity index (χ4n) is 2.55. The van der Waals surface area contributed by atoms with E-state index in [1.807, 2.05) is 36.4 Å². The predicted octanol–water partition coefficient (Wildman–Crippen LogP) is 3.59. The molecule has 3 rings (SSSR count). The molecule has 0 aliphatic carbocycles. The van der Waals surface area contributed by atoms with E-state index in [1.165, 1.54) is 0 Å². The molecule has 3 aromatic carbocycles. The molecule has 0 bridgehead atoms. The summed E-state index contributed by atoms with van der Waals surface area (Å²) in [6.07, 6.45) is 0. The van der Waals surface area contributed by atoms with Crippen LogP contribution in [0.15, 0.2) is 42.5 Å². The summed E-state index contributed by atoms with van der Waals surface area (Å²) < 4.78 is 11.0. The van der Waals surface area contributed by atoms with Gasteiger partial charge in [-0.3, -0.25) is 0 Å². The van der Waals surface area contributed by atoms with Crippen LogP contribution in [0.2, 0.25) is 0 Å². The van der Waals surface area contributed by atoms with Crippen LogP contribution in [-0.4, -0.2) is 14.2 Å². The SMILES string of the molecule is COc1cccc2cc3cccc(N)c3c(OC)c12. The van der Waals surface area contributed by atoms with Gasteiger partial charge in [0.2, 0.25) is 0 Å². The first-order valence-corrected chi connectivity index (χ1v) is 6.08. The number of hydrogen-bond donors (Lipinski definition) is 1. The molecule has 0 amide bonds. The Morgan fingerprint density at radius 1 is 0.842 bits per heavy atom. The van der Waals surface area contributed by atoms with Crippen LogP contribution in [0.4, 0.5) is 5.69 Å². The van der Waals surface area contributed by atoms with Gasteiger partial charge in [0.05, 0.1) is 19.6 Å². The second-order valence-electron chi connectivity index (χ2n) is 4.41. The number of rotatable bonds is 2. The fourth-order valence-corrected chi connectivity index (χ4v) is 2.55. The summed E-state index contributed by atoms with van der Waals surface area (Å²) in [5, 5.41) is 4.03. The molecule has 2 N–H and O–H groups in total. The largest absolute Gasteiger partial charge is 0.496 e. The van der Waals surface area contributed by atoms with Crippen molar-refractivity contribution >= 4 is 27.2 Å². The Hall–Kier alpha value is -2.42. The van der Waals surface area contributed by atoms with Gasteiger partial charge in [0, 0.05) is 11.1 Å². The highest BCUT2D eigenvalue weighted by molar-refractivity contribution is 6.11. The second-order valence-corrected chi connectivity index (χ2v) is 4.41. The third kappa shape index (κ3) is 1.66. The van der Waals surface area contributed by atoms with Crippen LogP contribution in [0.3, 0.4) is 0 Å². The number of anilines is 1. The lowest BCUT2D eigenvalue weighted by Gasteiger charge is -2.14. The van der Waals surface area contributed by atoms with Crippen molar-refractivity contribution in [1.29, 1.82) is 0 Å². The van der Waals surface area contributed by atoms with E-state index in [9.17, 15) is 0 Å². The molecule has 0 atom stereocenters. The molecule has 0 heterocycles. The first-order valence-electron chi connectivity index (χ1n) is 6.08. The quantitative estimate of drug-likeness (QED) is 0.560. The van der Waals surface area contributed by atoms with Crippen molar-refractivity contribution < 1.29 is 9.47 Å². The molecular weight excluding hydrogens is 238 g/mol. The third-order valence-corrected chi connectivity index (χ3v) is 3.38. The molecule has 0 aliphatic heterocycles. The Morgan fingerprint density at radius 2 is 1.53 bits per heavy atom. The van der Waals surface area contributed by atoms with Crippen LogP contribution in [0.5, 0.6) is 11.5 Å². The van der Waals surface area contributed by atoms with Crippen molar-refractivity contribution in [2.45, 2.75) is 0 Å². The van der Waals surface area contributed by atoms with Crippen LogP contribution in [0.25, 0.3) is 21.5 Å². The standard InChI is InChI=1S/C16H15NO2/c1-18-13-8-4-6-11-9-10-5-3-7-12(17)14(10)16(19-2)15(11)13/h3-9H,17H2,1-2H3. The van der Waals surface area contributed by atoms with Crippen molar-refractivity contribution in [3.63, 3.8) is 0 Å². The molecule has 0 unspecified atom stereocenters. The molecule has 3 heteroatoms. The molecule has 3 aromatic rings. The summed E-state index contributed by atoms with van der Waals surface area (Å²) in [4.78, 5) is 0. The zero-order chi connectivity index (χ0) is 13.4. The summed E-state index contributed by atoms with van der Waals surface area (Å²) in [6.45, 7) is 0. The lowest BCUT2D eigenvalue weighted by Crippen LogP contribution is -1.94. The molecule has 0 aromatic heterocycles. The van der Waals surface area contributed by atoms with Gasteiger partial charge in [0.15, 0.2) is 0 Å². The van der Waals surface area contributed by atoms with Gasteiger partial charge < -0.3 is 15.2 Å². The van der Waals surface area contributed by atoms with Crippen molar-refractivity contribution in [3.8, 4) is 11.5 Å². The monoisotopic (exact) mass is 253 g/mol. The summed E-state index contributed by atoms with van der Waals surface area (Å²) in [5.41, 5.74) is 6.80. The van der Waals surface area contributed by atoms with E-state index < -0.39 is 0 Å². The van der Waals surface area contributed by atoms with Gasteiger partial charge in [-0.1, -0.05) is 24.3 Å². The van der Waals surface area contributed by atoms with Crippen LogP contribution in [-0.2, 0) is 0 Å². The number of nitrogen functional groups attached to an aromatic ring is 1. The molecule has 0 saturated carbocycles. The molecule has 96 valence electrons. The summed E-state index contributed by atoms with van der Waals surface area (Å²) in [6, 6.07) is 13.9. The van der Waals surface area contributed by atoms with E-state index in [2.05, 4.69) is 6.07 Å². The molecule has 0 saturated heterocycles. The van der Waals surface area contributed by atoms with Gasteiger partial charge in [-0.15, -0.1) is 0 Å². The zero-order valence-corrected chi connectivity index (χ0v) is 10.9. The van der Waals surface area contributed by atoms with E-state index in [4.69, 9.17) is 15.2 Å². The van der Waals surface area contributed by atoms with Crippen molar-refractivity contribution in [2.24, 2.45) is 0 Å². The number of benzene rings is 3. The molecule has 3 nitrogen and oxygen atoms in total. The Bertz CT molecular complexity index is 765. The number of fused-ring (bicyclic) bond motifs is 2. The lowest BCUT2D eigenvalue weighted by molar-refractivity contribution is 0.407. The maximum Gasteiger partial charge on any atom is 0.140 e. The van der Waals surface area contributed by atoms with E-state index in [-0.39, 0.29) is 0 Å². The highest BCUT2D eigenvalue weighted by Crippen LogP contribution is 2.41. The Morgan fingerprint density at radius 3 is 2.21 bits per heavy atom. The molecule has 0 fully saturated rings. The van der Waals surface area contributed by atoms with Crippen LogP contribution < -0.4 is 15.2 Å². The average Bonchev–Trinajstić information content (AvgIpc) is 2.44. The molecule has 19 heavy (non-hydrogen) atoms. The maximum atomic E-state index is 6.09. The van der Waals surface area contributed by atoms with Gasteiger partial charge in [0.25, 0.3) is 0 Å². The van der Waals surface area contributed by atoms with Crippen molar-refractivity contribution in [2.75, 3.05) is 20.0 Å². The smallest absolute Gasteiger partial charge is 0.140 e. The minimum Gasteiger partial charge on any atom is -0.496 e. The number of hydrogen-bond acceptors (Lipinski definition) is 3. The number of nitrogens with two attached hydrogens (primary N) is 1. The highest BCUT2D eigenvalue weighted by Gasteiger charge is 2.13. The molecule has 0 aliphatic rings. The second kappa shape index (κ2) is 4.35. The highest BCUT2D eigenvalue weighted by atomic mass is 16.5. The van der Waals surface area contributed by atoms with Gasteiger partial charge in [-0.05, 0) is 29.0 Å². The van der Waals surface area contributed by atoms with Gasteiger partial charge in [0.1, 0.15) is 11.5 Å². The zero-order valence-electron chi connectivity index (χ0n) is 10.9. The fraction of sp³-hybridized carbons (Fsp3) is 0.125. The predicted molar refractivity (Wildman–Crippen MR) is 79.0 cm³/mol.